The molecule has 33 heavy (non-hydrogen) atoms. The second kappa shape index (κ2) is 11.1. The Morgan fingerprint density at radius 3 is 2.30 bits per heavy atom. The number of rotatable bonds is 12. The molecule has 1 saturated carbocycles. The van der Waals surface area contributed by atoms with Crippen LogP contribution in [0.2, 0.25) is 0 Å². The molecule has 2 amide bonds. The Morgan fingerprint density at radius 1 is 1.00 bits per heavy atom. The highest BCUT2D eigenvalue weighted by Gasteiger charge is 2.30. The molecule has 0 atom stereocenters. The number of nitrogens with zero attached hydrogens (tertiary/aromatic N) is 4. The van der Waals surface area contributed by atoms with Gasteiger partial charge in [0.1, 0.15) is 5.82 Å². The first-order valence-corrected chi connectivity index (χ1v) is 12.3. The third-order valence-corrected chi connectivity index (χ3v) is 6.63. The molecule has 1 aliphatic carbocycles. The van der Waals surface area contributed by atoms with Gasteiger partial charge in [0, 0.05) is 32.0 Å². The zero-order valence-corrected chi connectivity index (χ0v) is 19.4. The molecule has 2 aromatic carbocycles. The molecule has 0 bridgehead atoms. The first-order valence-electron chi connectivity index (χ1n) is 11.3. The van der Waals surface area contributed by atoms with Crippen LogP contribution in [0.4, 0.5) is 0 Å². The van der Waals surface area contributed by atoms with Crippen LogP contribution in [-0.4, -0.2) is 43.8 Å². The van der Waals surface area contributed by atoms with E-state index in [0.717, 1.165) is 30.7 Å². The van der Waals surface area contributed by atoms with Gasteiger partial charge in [-0.1, -0.05) is 72.4 Å². The number of hydrogen-bond donors (Lipinski definition) is 1. The summed E-state index contributed by atoms with van der Waals surface area (Å²) in [6.07, 6.45) is 3.20. The molecule has 1 heterocycles. The van der Waals surface area contributed by atoms with Gasteiger partial charge >= 0.3 is 0 Å². The van der Waals surface area contributed by atoms with E-state index < -0.39 is 0 Å². The second-order valence-corrected chi connectivity index (χ2v) is 9.25. The average Bonchev–Trinajstić information content (AvgIpc) is 3.60. The Morgan fingerprint density at radius 2 is 1.67 bits per heavy atom. The summed E-state index contributed by atoms with van der Waals surface area (Å²) < 4.78 is 1.96. The number of carbonyl (C=O) groups is 2. The minimum Gasteiger partial charge on any atom is -0.370 e. The van der Waals surface area contributed by atoms with Gasteiger partial charge in [0.15, 0.2) is 5.16 Å². The van der Waals surface area contributed by atoms with Crippen molar-refractivity contribution in [3.05, 3.63) is 77.6 Å². The van der Waals surface area contributed by atoms with Crippen molar-refractivity contribution >= 4 is 23.6 Å². The van der Waals surface area contributed by atoms with Gasteiger partial charge < -0.3 is 15.2 Å². The molecule has 3 aromatic rings. The van der Waals surface area contributed by atoms with Crippen molar-refractivity contribution in [3.8, 4) is 0 Å². The van der Waals surface area contributed by atoms with Crippen LogP contribution in [0.5, 0.6) is 0 Å². The Labute approximate surface area is 198 Å². The maximum Gasteiger partial charge on any atom is 0.233 e. The standard InChI is InChI=1S/C25H29N5O2S/c26-22(31)14-16-30-24(21-11-12-21)27-28-25(30)33-18-23(32)29(17-20-9-5-2-6-10-20)15-13-19-7-3-1-4-8-19/h1-10,21H,11-18H2,(H2,26,31). The highest BCUT2D eigenvalue weighted by molar-refractivity contribution is 7.99. The van der Waals surface area contributed by atoms with Crippen LogP contribution in [0, 0.1) is 0 Å². The summed E-state index contributed by atoms with van der Waals surface area (Å²) in [5.74, 6) is 1.26. The zero-order chi connectivity index (χ0) is 23.0. The maximum atomic E-state index is 13.2. The van der Waals surface area contributed by atoms with E-state index in [2.05, 4.69) is 22.3 Å². The van der Waals surface area contributed by atoms with Crippen molar-refractivity contribution < 1.29 is 9.59 Å². The summed E-state index contributed by atoms with van der Waals surface area (Å²) in [6.45, 7) is 1.65. The molecule has 0 radical (unpaired) electrons. The van der Waals surface area contributed by atoms with E-state index in [1.165, 1.54) is 17.3 Å². The molecule has 1 aromatic heterocycles. The summed E-state index contributed by atoms with van der Waals surface area (Å²) in [7, 11) is 0. The molecule has 8 heteroatoms. The van der Waals surface area contributed by atoms with Crippen LogP contribution in [0.25, 0.3) is 0 Å². The molecule has 4 rings (SSSR count). The molecular weight excluding hydrogens is 434 g/mol. The molecular formula is C25H29N5O2S. The van der Waals surface area contributed by atoms with Gasteiger partial charge in [0.25, 0.3) is 0 Å². The number of amides is 2. The van der Waals surface area contributed by atoms with E-state index in [0.29, 0.717) is 30.7 Å². The lowest BCUT2D eigenvalue weighted by molar-refractivity contribution is -0.129. The van der Waals surface area contributed by atoms with Gasteiger partial charge in [-0.05, 0) is 30.4 Å². The number of benzene rings is 2. The molecule has 1 aliphatic rings. The fourth-order valence-corrected chi connectivity index (χ4v) is 4.58. The Hall–Kier alpha value is -3.13. The Kier molecular flexibility index (Phi) is 7.78. The summed E-state index contributed by atoms with van der Waals surface area (Å²) in [5, 5.41) is 9.33. The summed E-state index contributed by atoms with van der Waals surface area (Å²) >= 11 is 1.38. The fraction of sp³-hybridized carbons (Fsp3) is 0.360. The predicted molar refractivity (Wildman–Crippen MR) is 129 cm³/mol. The van der Waals surface area contributed by atoms with Crippen LogP contribution in [0.1, 0.15) is 42.1 Å². The third kappa shape index (κ3) is 6.68. The second-order valence-electron chi connectivity index (χ2n) is 8.31. The van der Waals surface area contributed by atoms with E-state index >= 15 is 0 Å². The fourth-order valence-electron chi connectivity index (χ4n) is 3.70. The van der Waals surface area contributed by atoms with Crippen LogP contribution in [-0.2, 0) is 29.1 Å². The van der Waals surface area contributed by atoms with Gasteiger partial charge in [0.2, 0.25) is 11.8 Å². The largest absolute Gasteiger partial charge is 0.370 e. The predicted octanol–water partition coefficient (Wildman–Crippen LogP) is 3.39. The number of thioether (sulfide) groups is 1. The minimum absolute atomic E-state index is 0.0530. The van der Waals surface area contributed by atoms with E-state index in [1.807, 2.05) is 58.0 Å². The van der Waals surface area contributed by atoms with Crippen LogP contribution < -0.4 is 5.73 Å². The highest BCUT2D eigenvalue weighted by atomic mass is 32.2. The number of nitrogens with two attached hydrogens (primary N) is 1. The van der Waals surface area contributed by atoms with Crippen LogP contribution >= 0.6 is 11.8 Å². The normalized spacial score (nSPS) is 13.1. The molecule has 0 unspecified atom stereocenters. The van der Waals surface area contributed by atoms with Crippen molar-refractivity contribution in [1.29, 1.82) is 0 Å². The molecule has 0 aliphatic heterocycles. The van der Waals surface area contributed by atoms with Gasteiger partial charge in [-0.25, -0.2) is 0 Å². The van der Waals surface area contributed by atoms with Crippen LogP contribution in [0.15, 0.2) is 65.8 Å². The quantitative estimate of drug-likeness (QED) is 0.416. The monoisotopic (exact) mass is 463 g/mol. The number of aromatic nitrogens is 3. The zero-order valence-electron chi connectivity index (χ0n) is 18.6. The topological polar surface area (TPSA) is 94.1 Å². The van der Waals surface area contributed by atoms with Crippen molar-refractivity contribution in [3.63, 3.8) is 0 Å². The smallest absolute Gasteiger partial charge is 0.233 e. The summed E-state index contributed by atoms with van der Waals surface area (Å²) in [6, 6.07) is 20.2. The number of carbonyl (C=O) groups excluding carboxylic acids is 2. The number of hydrogen-bond acceptors (Lipinski definition) is 5. The van der Waals surface area contributed by atoms with Crippen molar-refractivity contribution in [2.24, 2.45) is 5.73 Å². The first kappa shape index (κ1) is 23.0. The van der Waals surface area contributed by atoms with Crippen molar-refractivity contribution in [1.82, 2.24) is 19.7 Å². The molecule has 1 fully saturated rings. The van der Waals surface area contributed by atoms with Gasteiger partial charge in [0.05, 0.1) is 5.75 Å². The Balaban J connectivity index is 1.43. The minimum atomic E-state index is -0.354. The Bertz CT molecular complexity index is 1070. The maximum absolute atomic E-state index is 13.2. The summed E-state index contributed by atoms with van der Waals surface area (Å²) in [5.41, 5.74) is 7.66. The summed E-state index contributed by atoms with van der Waals surface area (Å²) in [4.78, 5) is 26.5. The molecule has 0 spiro atoms. The first-order chi connectivity index (χ1) is 16.1. The van der Waals surface area contributed by atoms with Crippen molar-refractivity contribution in [2.75, 3.05) is 12.3 Å². The third-order valence-electron chi connectivity index (χ3n) is 5.68. The lowest BCUT2D eigenvalue weighted by Crippen LogP contribution is -2.34. The van der Waals surface area contributed by atoms with Crippen LogP contribution in [0.3, 0.4) is 0 Å². The molecule has 172 valence electrons. The van der Waals surface area contributed by atoms with Gasteiger partial charge in [-0.3, -0.25) is 9.59 Å². The van der Waals surface area contributed by atoms with E-state index in [1.54, 1.807) is 0 Å². The van der Waals surface area contributed by atoms with E-state index in [-0.39, 0.29) is 24.0 Å². The SMILES string of the molecule is NC(=O)CCn1c(SCC(=O)N(CCc2ccccc2)Cc2ccccc2)nnc1C1CC1. The van der Waals surface area contributed by atoms with Crippen molar-refractivity contribution in [2.45, 2.75) is 49.8 Å². The van der Waals surface area contributed by atoms with E-state index in [9.17, 15) is 9.59 Å². The average molecular weight is 464 g/mol. The van der Waals surface area contributed by atoms with Gasteiger partial charge in [-0.15, -0.1) is 10.2 Å². The molecule has 2 N–H and O–H groups in total. The van der Waals surface area contributed by atoms with E-state index in [4.69, 9.17) is 5.73 Å². The van der Waals surface area contributed by atoms with Gasteiger partial charge in [-0.2, -0.15) is 0 Å². The number of primary amides is 1. The lowest BCUT2D eigenvalue weighted by atomic mass is 10.1. The lowest BCUT2D eigenvalue weighted by Gasteiger charge is -2.23. The highest BCUT2D eigenvalue weighted by Crippen LogP contribution is 2.40. The molecule has 0 saturated heterocycles. The molecule has 7 nitrogen and oxygen atoms in total.